The van der Waals surface area contributed by atoms with Crippen LogP contribution < -0.4 is 10.2 Å². The van der Waals surface area contributed by atoms with Crippen molar-refractivity contribution in [3.8, 4) is 0 Å². The van der Waals surface area contributed by atoms with E-state index in [1.54, 1.807) is 42.3 Å². The Labute approximate surface area is 133 Å². The maximum absolute atomic E-state index is 12.4. The van der Waals surface area contributed by atoms with Crippen molar-refractivity contribution in [2.24, 2.45) is 0 Å². The number of benzene rings is 1. The smallest absolute Gasteiger partial charge is 0.251 e. The zero-order valence-electron chi connectivity index (χ0n) is 12.8. The quantitative estimate of drug-likeness (QED) is 0.899. The number of hydrogen-bond acceptors (Lipinski definition) is 4. The Morgan fingerprint density at radius 2 is 2.22 bits per heavy atom. The Morgan fingerprint density at radius 1 is 1.39 bits per heavy atom. The molecular weight excluding hydrogens is 296 g/mol. The molecule has 6 heteroatoms. The molecule has 0 spiro atoms. The normalized spacial score (nSPS) is 15.2. The number of hydrogen-bond donors (Lipinski definition) is 2. The fraction of sp³-hybridized carbons (Fsp3) is 0.294. The van der Waals surface area contributed by atoms with Gasteiger partial charge in [0.1, 0.15) is 11.8 Å². The van der Waals surface area contributed by atoms with Crippen LogP contribution in [0.1, 0.15) is 34.1 Å². The maximum atomic E-state index is 12.4. The van der Waals surface area contributed by atoms with Crippen LogP contribution in [0.15, 0.2) is 41.0 Å². The fourth-order valence-corrected chi connectivity index (χ4v) is 2.74. The number of aryl methyl sites for hydroxylation is 1. The second kappa shape index (κ2) is 6.26. The van der Waals surface area contributed by atoms with Crippen LogP contribution in [0, 0.1) is 0 Å². The average molecular weight is 314 g/mol. The summed E-state index contributed by atoms with van der Waals surface area (Å²) in [4.78, 5) is 25.7. The molecule has 3 rings (SSSR count). The minimum atomic E-state index is -0.585. The molecule has 0 fully saturated rings. The van der Waals surface area contributed by atoms with E-state index in [4.69, 9.17) is 4.42 Å². The zero-order valence-corrected chi connectivity index (χ0v) is 12.8. The summed E-state index contributed by atoms with van der Waals surface area (Å²) in [5, 5.41) is 12.2. The van der Waals surface area contributed by atoms with Gasteiger partial charge in [-0.15, -0.1) is 0 Å². The summed E-state index contributed by atoms with van der Waals surface area (Å²) in [6.07, 6.45) is 2.57. The highest BCUT2D eigenvalue weighted by atomic mass is 16.3. The van der Waals surface area contributed by atoms with Crippen LogP contribution in [0.4, 0.5) is 5.69 Å². The third-order valence-corrected chi connectivity index (χ3v) is 4.06. The zero-order chi connectivity index (χ0) is 16.4. The summed E-state index contributed by atoms with van der Waals surface area (Å²) in [5.41, 5.74) is 2.30. The SMILES string of the molecule is CN1C(=O)CCc2cc(C(=O)NC(CO)c3ccco3)ccc21. The molecule has 23 heavy (non-hydrogen) atoms. The van der Waals surface area contributed by atoms with E-state index in [2.05, 4.69) is 5.32 Å². The van der Waals surface area contributed by atoms with Crippen molar-refractivity contribution >= 4 is 17.5 Å². The number of nitrogens with one attached hydrogen (secondary N) is 1. The highest BCUT2D eigenvalue weighted by Crippen LogP contribution is 2.27. The number of aliphatic hydroxyl groups is 1. The predicted molar refractivity (Wildman–Crippen MR) is 84.2 cm³/mol. The number of carbonyl (C=O) groups is 2. The molecule has 2 aromatic rings. The van der Waals surface area contributed by atoms with Gasteiger partial charge in [0.25, 0.3) is 5.91 Å². The lowest BCUT2D eigenvalue weighted by atomic mass is 9.99. The molecule has 2 N–H and O–H groups in total. The van der Waals surface area contributed by atoms with Crippen molar-refractivity contribution < 1.29 is 19.1 Å². The first-order valence-corrected chi connectivity index (χ1v) is 7.44. The first-order valence-electron chi connectivity index (χ1n) is 7.44. The van der Waals surface area contributed by atoms with Gasteiger partial charge in [-0.2, -0.15) is 0 Å². The Kier molecular flexibility index (Phi) is 4.16. The number of nitrogens with zero attached hydrogens (tertiary/aromatic N) is 1. The van der Waals surface area contributed by atoms with E-state index in [9.17, 15) is 14.7 Å². The van der Waals surface area contributed by atoms with Crippen molar-refractivity contribution in [1.82, 2.24) is 5.32 Å². The first-order chi connectivity index (χ1) is 11.1. The van der Waals surface area contributed by atoms with Gasteiger partial charge < -0.3 is 19.7 Å². The summed E-state index contributed by atoms with van der Waals surface area (Å²) in [7, 11) is 1.73. The Bertz CT molecular complexity index is 724. The minimum Gasteiger partial charge on any atom is -0.467 e. The molecule has 1 unspecified atom stereocenters. The average Bonchev–Trinajstić information content (AvgIpc) is 3.10. The summed E-state index contributed by atoms with van der Waals surface area (Å²) >= 11 is 0. The Morgan fingerprint density at radius 3 is 2.91 bits per heavy atom. The number of rotatable bonds is 4. The van der Waals surface area contributed by atoms with Crippen molar-refractivity contribution in [3.05, 3.63) is 53.5 Å². The van der Waals surface area contributed by atoms with E-state index in [-0.39, 0.29) is 18.4 Å². The lowest BCUT2D eigenvalue weighted by Gasteiger charge is -2.26. The number of anilines is 1. The van der Waals surface area contributed by atoms with Crippen molar-refractivity contribution in [2.75, 3.05) is 18.6 Å². The van der Waals surface area contributed by atoms with Crippen LogP contribution in [0.25, 0.3) is 0 Å². The molecule has 2 amide bonds. The second-order valence-electron chi connectivity index (χ2n) is 5.52. The van der Waals surface area contributed by atoms with Gasteiger partial charge in [0.15, 0.2) is 0 Å². The molecule has 1 aromatic carbocycles. The van der Waals surface area contributed by atoms with Gasteiger partial charge in [-0.3, -0.25) is 9.59 Å². The standard InChI is InChI=1S/C17H18N2O4/c1-19-14-6-4-12(9-11(14)5-7-16(19)21)17(22)18-13(10-20)15-3-2-8-23-15/h2-4,6,8-9,13,20H,5,7,10H2,1H3,(H,18,22). The summed E-state index contributed by atoms with van der Waals surface area (Å²) in [6, 6.07) is 8.08. The third kappa shape index (κ3) is 2.98. The molecule has 0 bridgehead atoms. The molecule has 2 heterocycles. The van der Waals surface area contributed by atoms with E-state index in [1.807, 2.05) is 0 Å². The van der Waals surface area contributed by atoms with Crippen LogP contribution in [0.5, 0.6) is 0 Å². The molecule has 0 radical (unpaired) electrons. The molecule has 0 saturated heterocycles. The van der Waals surface area contributed by atoms with E-state index < -0.39 is 6.04 Å². The monoisotopic (exact) mass is 314 g/mol. The van der Waals surface area contributed by atoms with Crippen LogP contribution in [-0.2, 0) is 11.2 Å². The fourth-order valence-electron chi connectivity index (χ4n) is 2.74. The van der Waals surface area contributed by atoms with Gasteiger partial charge in [0.05, 0.1) is 12.9 Å². The van der Waals surface area contributed by atoms with Crippen molar-refractivity contribution in [2.45, 2.75) is 18.9 Å². The lowest BCUT2D eigenvalue weighted by molar-refractivity contribution is -0.118. The number of carbonyl (C=O) groups excluding carboxylic acids is 2. The number of furan rings is 1. The van der Waals surface area contributed by atoms with E-state index in [0.29, 0.717) is 24.2 Å². The van der Waals surface area contributed by atoms with Crippen LogP contribution >= 0.6 is 0 Å². The summed E-state index contributed by atoms with van der Waals surface area (Å²) < 4.78 is 5.22. The molecule has 1 aliphatic heterocycles. The second-order valence-corrected chi connectivity index (χ2v) is 5.52. The Balaban J connectivity index is 1.79. The van der Waals surface area contributed by atoms with Crippen LogP contribution in [0.3, 0.4) is 0 Å². The predicted octanol–water partition coefficient (Wildman–Crippen LogP) is 1.65. The summed E-state index contributed by atoms with van der Waals surface area (Å²) in [5.74, 6) is 0.291. The van der Waals surface area contributed by atoms with Crippen LogP contribution in [0.2, 0.25) is 0 Å². The molecule has 1 aromatic heterocycles. The van der Waals surface area contributed by atoms with E-state index >= 15 is 0 Å². The first kappa shape index (κ1) is 15.3. The highest BCUT2D eigenvalue weighted by molar-refractivity contribution is 5.99. The Hall–Kier alpha value is -2.60. The number of aliphatic hydroxyl groups excluding tert-OH is 1. The van der Waals surface area contributed by atoms with Gasteiger partial charge >= 0.3 is 0 Å². The largest absolute Gasteiger partial charge is 0.467 e. The molecule has 6 nitrogen and oxygen atoms in total. The molecule has 1 aliphatic rings. The van der Waals surface area contributed by atoms with Gasteiger partial charge in [0, 0.05) is 24.7 Å². The van der Waals surface area contributed by atoms with Gasteiger partial charge in [-0.1, -0.05) is 0 Å². The topological polar surface area (TPSA) is 82.8 Å². The maximum Gasteiger partial charge on any atom is 0.251 e. The van der Waals surface area contributed by atoms with Crippen molar-refractivity contribution in [3.63, 3.8) is 0 Å². The van der Waals surface area contributed by atoms with Gasteiger partial charge in [0.2, 0.25) is 5.91 Å². The molecule has 120 valence electrons. The van der Waals surface area contributed by atoms with Gasteiger partial charge in [-0.25, -0.2) is 0 Å². The number of amides is 2. The minimum absolute atomic E-state index is 0.0767. The number of fused-ring (bicyclic) bond motifs is 1. The lowest BCUT2D eigenvalue weighted by Crippen LogP contribution is -2.32. The van der Waals surface area contributed by atoms with Crippen molar-refractivity contribution in [1.29, 1.82) is 0 Å². The van der Waals surface area contributed by atoms with Crippen LogP contribution in [-0.4, -0.2) is 30.6 Å². The third-order valence-electron chi connectivity index (χ3n) is 4.06. The molecular formula is C17H18N2O4. The van der Waals surface area contributed by atoms with E-state index in [0.717, 1.165) is 11.3 Å². The molecule has 0 aliphatic carbocycles. The van der Waals surface area contributed by atoms with E-state index in [1.165, 1.54) is 6.26 Å². The molecule has 1 atom stereocenters. The molecule has 0 saturated carbocycles. The highest BCUT2D eigenvalue weighted by Gasteiger charge is 2.23. The van der Waals surface area contributed by atoms with Gasteiger partial charge in [-0.05, 0) is 42.3 Å². The summed E-state index contributed by atoms with van der Waals surface area (Å²) in [6.45, 7) is -0.249.